The lowest BCUT2D eigenvalue weighted by Crippen LogP contribution is -2.54. The zero-order chi connectivity index (χ0) is 15.7. The first kappa shape index (κ1) is 15.8. The number of aryl methyl sites for hydroxylation is 1. The van der Waals surface area contributed by atoms with Crippen molar-refractivity contribution in [2.45, 2.75) is 31.4 Å². The molecule has 1 aliphatic rings. The van der Waals surface area contributed by atoms with Gasteiger partial charge in [0.15, 0.2) is 9.84 Å². The molecule has 0 saturated carbocycles. The molecule has 0 aliphatic carbocycles. The second kappa shape index (κ2) is 5.67. The zero-order valence-corrected chi connectivity index (χ0v) is 13.3. The minimum atomic E-state index is -3.12. The first-order valence-electron chi connectivity index (χ1n) is 7.06. The molecule has 0 atom stereocenters. The molecule has 1 fully saturated rings. The number of hydrogen-bond donors (Lipinski definition) is 1. The van der Waals surface area contributed by atoms with Crippen LogP contribution in [0.3, 0.4) is 0 Å². The number of carbonyl (C=O) groups excluding carboxylic acids is 1. The lowest BCUT2D eigenvalue weighted by Gasteiger charge is -2.37. The van der Waals surface area contributed by atoms with E-state index >= 15 is 0 Å². The Bertz CT molecular complexity index is 638. The molecule has 0 radical (unpaired) electrons. The van der Waals surface area contributed by atoms with E-state index in [1.165, 1.54) is 0 Å². The van der Waals surface area contributed by atoms with Crippen LogP contribution in [-0.2, 0) is 21.1 Å². The molecule has 0 bridgehead atoms. The zero-order valence-electron chi connectivity index (χ0n) is 12.5. The third-order valence-corrected chi connectivity index (χ3v) is 6.59. The number of hydrogen-bond acceptors (Lipinski definition) is 4. The van der Waals surface area contributed by atoms with Crippen LogP contribution in [0.5, 0.6) is 0 Å². The molecule has 6 heteroatoms. The van der Waals surface area contributed by atoms with Crippen molar-refractivity contribution in [1.29, 1.82) is 0 Å². The van der Waals surface area contributed by atoms with E-state index in [4.69, 9.17) is 5.73 Å². The van der Waals surface area contributed by atoms with Crippen LogP contribution in [0.25, 0.3) is 0 Å². The van der Waals surface area contributed by atoms with Crippen LogP contribution < -0.4 is 5.73 Å². The van der Waals surface area contributed by atoms with Crippen LogP contribution in [0.2, 0.25) is 0 Å². The number of rotatable bonds is 3. The van der Waals surface area contributed by atoms with Crippen molar-refractivity contribution in [1.82, 2.24) is 4.90 Å². The predicted octanol–water partition coefficient (Wildman–Crippen LogP) is 1.24. The first-order valence-corrected chi connectivity index (χ1v) is 8.72. The van der Waals surface area contributed by atoms with Crippen LogP contribution in [0.15, 0.2) is 24.3 Å². The van der Waals surface area contributed by atoms with Gasteiger partial charge in [-0.2, -0.15) is 0 Å². The van der Waals surface area contributed by atoms with Crippen molar-refractivity contribution in [3.8, 4) is 0 Å². The van der Waals surface area contributed by atoms with Crippen LogP contribution in [0.4, 0.5) is 5.69 Å². The predicted molar refractivity (Wildman–Crippen MR) is 83.6 cm³/mol. The molecule has 2 rings (SSSR count). The lowest BCUT2D eigenvalue weighted by atomic mass is 10.1. The molecular formula is C15H22N2O3S. The molecule has 5 nitrogen and oxygen atoms in total. The summed E-state index contributed by atoms with van der Waals surface area (Å²) in [6.07, 6.45) is 0.930. The highest BCUT2D eigenvalue weighted by Crippen LogP contribution is 2.24. The van der Waals surface area contributed by atoms with Gasteiger partial charge in [-0.25, -0.2) is 8.42 Å². The normalized spacial score (nSPS) is 20.2. The second-order valence-electron chi connectivity index (χ2n) is 6.09. The fourth-order valence-corrected chi connectivity index (χ4v) is 3.88. The number of nitrogens with two attached hydrogens (primary N) is 1. The monoisotopic (exact) mass is 310 g/mol. The molecule has 1 heterocycles. The summed E-state index contributed by atoms with van der Waals surface area (Å²) in [6.45, 7) is 3.90. The number of sulfone groups is 1. The Balaban J connectivity index is 1.98. The van der Waals surface area contributed by atoms with E-state index in [-0.39, 0.29) is 24.7 Å². The van der Waals surface area contributed by atoms with Gasteiger partial charge in [0.1, 0.15) is 0 Å². The Morgan fingerprint density at radius 2 is 2.00 bits per heavy atom. The fraction of sp³-hybridized carbons (Fsp3) is 0.533. The van der Waals surface area contributed by atoms with E-state index in [0.29, 0.717) is 18.5 Å². The summed E-state index contributed by atoms with van der Waals surface area (Å²) in [5.74, 6) is 0.0281. The van der Waals surface area contributed by atoms with Crippen molar-refractivity contribution in [3.63, 3.8) is 0 Å². The summed E-state index contributed by atoms with van der Waals surface area (Å²) < 4.78 is 23.0. The maximum absolute atomic E-state index is 12.3. The van der Waals surface area contributed by atoms with Crippen LogP contribution in [-0.4, -0.2) is 42.8 Å². The summed E-state index contributed by atoms with van der Waals surface area (Å²) in [4.78, 5) is 13.9. The molecule has 1 aromatic carbocycles. The molecular weight excluding hydrogens is 288 g/mol. The van der Waals surface area contributed by atoms with Gasteiger partial charge in [0.25, 0.3) is 0 Å². The number of para-hydroxylation sites is 1. The molecule has 0 unspecified atom stereocenters. The van der Waals surface area contributed by atoms with Crippen molar-refractivity contribution in [3.05, 3.63) is 29.8 Å². The SMILES string of the molecule is CC1(C)CN(C(=O)CCc2ccccc2N)CCS1(=O)=O. The topological polar surface area (TPSA) is 80.5 Å². The maximum Gasteiger partial charge on any atom is 0.222 e. The van der Waals surface area contributed by atoms with Crippen LogP contribution >= 0.6 is 0 Å². The average molecular weight is 310 g/mol. The Morgan fingerprint density at radius 1 is 1.33 bits per heavy atom. The van der Waals surface area contributed by atoms with Gasteiger partial charge in [-0.05, 0) is 31.9 Å². The Hall–Kier alpha value is -1.56. The first-order chi connectivity index (χ1) is 9.73. The third kappa shape index (κ3) is 3.37. The van der Waals surface area contributed by atoms with Gasteiger partial charge in [0.05, 0.1) is 10.5 Å². The number of nitrogen functional groups attached to an aromatic ring is 1. The largest absolute Gasteiger partial charge is 0.399 e. The van der Waals surface area contributed by atoms with Crippen molar-refractivity contribution >= 4 is 21.4 Å². The van der Waals surface area contributed by atoms with E-state index < -0.39 is 14.6 Å². The molecule has 1 saturated heterocycles. The Morgan fingerprint density at radius 3 is 2.62 bits per heavy atom. The molecule has 1 aliphatic heterocycles. The van der Waals surface area contributed by atoms with E-state index in [2.05, 4.69) is 0 Å². The molecule has 21 heavy (non-hydrogen) atoms. The standard InChI is InChI=1S/C15H22N2O3S/c1-15(2)11-17(9-10-21(15,19)20)14(18)8-7-12-5-3-4-6-13(12)16/h3-6H,7-11,16H2,1-2H3. The Labute approximate surface area is 126 Å². The molecule has 0 aromatic heterocycles. The van der Waals surface area contributed by atoms with Gasteiger partial charge in [-0.1, -0.05) is 18.2 Å². The number of anilines is 1. The van der Waals surface area contributed by atoms with E-state index in [0.717, 1.165) is 5.56 Å². The molecule has 0 spiro atoms. The number of carbonyl (C=O) groups is 1. The minimum absolute atomic E-state index is 0.0128. The highest BCUT2D eigenvalue weighted by molar-refractivity contribution is 7.92. The summed E-state index contributed by atoms with van der Waals surface area (Å²) in [5.41, 5.74) is 7.50. The average Bonchev–Trinajstić information content (AvgIpc) is 2.40. The van der Waals surface area contributed by atoms with Crippen molar-refractivity contribution in [2.24, 2.45) is 0 Å². The number of amides is 1. The summed E-state index contributed by atoms with van der Waals surface area (Å²) in [5, 5.41) is 0. The highest BCUT2D eigenvalue weighted by Gasteiger charge is 2.41. The van der Waals surface area contributed by atoms with E-state index in [9.17, 15) is 13.2 Å². The number of benzene rings is 1. The third-order valence-electron chi connectivity index (χ3n) is 4.06. The Kier molecular flexibility index (Phi) is 4.27. The molecule has 116 valence electrons. The van der Waals surface area contributed by atoms with E-state index in [1.807, 2.05) is 24.3 Å². The van der Waals surface area contributed by atoms with Crippen LogP contribution in [0, 0.1) is 0 Å². The van der Waals surface area contributed by atoms with E-state index in [1.54, 1.807) is 18.7 Å². The molecule has 2 N–H and O–H groups in total. The quantitative estimate of drug-likeness (QED) is 0.852. The summed E-state index contributed by atoms with van der Waals surface area (Å²) >= 11 is 0. The second-order valence-corrected chi connectivity index (χ2v) is 8.84. The summed E-state index contributed by atoms with van der Waals surface area (Å²) in [7, 11) is -3.12. The van der Waals surface area contributed by atoms with Gasteiger partial charge in [-0.15, -0.1) is 0 Å². The highest BCUT2D eigenvalue weighted by atomic mass is 32.2. The van der Waals surface area contributed by atoms with Crippen molar-refractivity contribution < 1.29 is 13.2 Å². The van der Waals surface area contributed by atoms with Gasteiger partial charge < -0.3 is 10.6 Å². The fourth-order valence-electron chi connectivity index (χ4n) is 2.52. The van der Waals surface area contributed by atoms with Gasteiger partial charge in [-0.3, -0.25) is 4.79 Å². The summed E-state index contributed by atoms with van der Waals surface area (Å²) in [6, 6.07) is 7.48. The molecule has 1 amide bonds. The lowest BCUT2D eigenvalue weighted by molar-refractivity contribution is -0.131. The molecule has 1 aromatic rings. The minimum Gasteiger partial charge on any atom is -0.399 e. The van der Waals surface area contributed by atoms with Gasteiger partial charge in [0, 0.05) is 25.2 Å². The van der Waals surface area contributed by atoms with Gasteiger partial charge in [0.2, 0.25) is 5.91 Å². The van der Waals surface area contributed by atoms with Crippen molar-refractivity contribution in [2.75, 3.05) is 24.6 Å². The number of nitrogens with zero attached hydrogens (tertiary/aromatic N) is 1. The van der Waals surface area contributed by atoms with Crippen LogP contribution in [0.1, 0.15) is 25.8 Å². The maximum atomic E-state index is 12.3. The smallest absolute Gasteiger partial charge is 0.222 e. The van der Waals surface area contributed by atoms with Gasteiger partial charge >= 0.3 is 0 Å².